The fraction of sp³-hybridized carbons (Fsp3) is 0. The molecule has 0 aliphatic carbocycles. The van der Waals surface area contributed by atoms with Gasteiger partial charge in [0.25, 0.3) is 35.4 Å². The second-order valence-corrected chi connectivity index (χ2v) is 19.8. The van der Waals surface area contributed by atoms with Crippen LogP contribution < -0.4 is 77.8 Å². The maximum absolute atomic E-state index is 12.3. The molecule has 6 amide bonds. The van der Waals surface area contributed by atoms with Gasteiger partial charge in [-0.1, -0.05) is 0 Å². The summed E-state index contributed by atoms with van der Waals surface area (Å²) < 4.78 is 0. The number of hydrogen-bond donors (Lipinski definition) is 20. The maximum Gasteiger partial charge on any atom is 0.255 e. The first kappa shape index (κ1) is 65.8. The van der Waals surface area contributed by atoms with Gasteiger partial charge in [-0.25, -0.2) is 0 Å². The number of nitrogens with two attached hydrogens (primary N) is 8. The van der Waals surface area contributed by atoms with Gasteiger partial charge in [-0.15, -0.1) is 0 Å². The van der Waals surface area contributed by atoms with Gasteiger partial charge in [0.05, 0.1) is 34.1 Å². The van der Waals surface area contributed by atoms with E-state index in [9.17, 15) is 59.4 Å². The topological polar surface area (TPSA) is 504 Å². The average Bonchev–Trinajstić information content (AvgIpc) is 1.11. The normalized spacial score (nSPS) is 10.2. The van der Waals surface area contributed by atoms with Crippen molar-refractivity contribution in [2.75, 3.05) is 77.8 Å². The fourth-order valence-corrected chi connectivity index (χ4v) is 7.82. The number of nitrogens with one attached hydrogen (secondary N) is 6. The van der Waals surface area contributed by atoms with Crippen LogP contribution in [0, 0.1) is 0 Å². The van der Waals surface area contributed by atoms with E-state index in [1.54, 1.807) is 127 Å². The molecule has 0 bridgehead atoms. The van der Waals surface area contributed by atoms with Crippen molar-refractivity contribution in [3.63, 3.8) is 0 Å². The zero-order valence-corrected chi connectivity index (χ0v) is 48.4. The van der Waals surface area contributed by atoms with Gasteiger partial charge in [-0.2, -0.15) is 0 Å². The predicted octanol–water partition coefficient (Wildman–Crippen LogP) is 9.15. The van der Waals surface area contributed by atoms with Crippen molar-refractivity contribution < 1.29 is 59.4 Å². The summed E-state index contributed by atoms with van der Waals surface area (Å²) in [7, 11) is 0. The summed E-state index contributed by atoms with van der Waals surface area (Å²) in [6, 6.07) is 51.5. The minimum Gasteiger partial charge on any atom is -0.506 e. The average molecular weight is 1240 g/mol. The summed E-state index contributed by atoms with van der Waals surface area (Å²) in [5, 5.41) is 74.1. The number of amides is 6. The van der Waals surface area contributed by atoms with E-state index in [2.05, 4.69) is 31.9 Å². The first-order chi connectivity index (χ1) is 43.8. The third-order valence-corrected chi connectivity index (χ3v) is 12.8. The molecular formula is C66H62N14O12. The van der Waals surface area contributed by atoms with E-state index in [4.69, 9.17) is 45.9 Å². The SMILES string of the molecule is Nc1ccc(C(=O)Nc2cc(N)ccc2O)cc1.Nc1ccc(C(=O)Nc2cc(NC(=O)c3ccc(N)cc3)c(O)cc2O)cc1.Nc1ccc(C(=O)Nc2cc(O)c(N)cc2O)cc1.Nc1ccc(C(=O)Nc2ccc(O)c(NC(=O)c3ccc(N)cc3)c2)cc1. The molecule has 28 N–H and O–H groups in total. The van der Waals surface area contributed by atoms with Crippen LogP contribution in [0.2, 0.25) is 0 Å². The van der Waals surface area contributed by atoms with E-state index < -0.39 is 23.6 Å². The summed E-state index contributed by atoms with van der Waals surface area (Å²) in [5.74, 6) is -3.80. The van der Waals surface area contributed by atoms with E-state index in [-0.39, 0.29) is 80.4 Å². The van der Waals surface area contributed by atoms with Crippen LogP contribution in [0.5, 0.6) is 34.5 Å². The molecule has 26 heteroatoms. The Kier molecular flexibility index (Phi) is 21.5. The van der Waals surface area contributed by atoms with Crippen LogP contribution in [0.3, 0.4) is 0 Å². The van der Waals surface area contributed by atoms with E-state index in [1.807, 2.05) is 0 Å². The molecule has 0 saturated carbocycles. The van der Waals surface area contributed by atoms with Crippen LogP contribution in [0.1, 0.15) is 62.1 Å². The lowest BCUT2D eigenvalue weighted by molar-refractivity contribution is 0.101. The van der Waals surface area contributed by atoms with Gasteiger partial charge in [-0.05, 0) is 188 Å². The molecule has 0 aliphatic rings. The fourth-order valence-electron chi connectivity index (χ4n) is 7.82. The molecule has 0 heterocycles. The lowest BCUT2D eigenvalue weighted by Gasteiger charge is -2.13. The molecule has 0 atom stereocenters. The van der Waals surface area contributed by atoms with Crippen molar-refractivity contribution in [1.29, 1.82) is 0 Å². The van der Waals surface area contributed by atoms with Crippen molar-refractivity contribution in [3.05, 3.63) is 240 Å². The van der Waals surface area contributed by atoms with Gasteiger partial charge < -0.3 is 108 Å². The second-order valence-electron chi connectivity index (χ2n) is 19.8. The summed E-state index contributed by atoms with van der Waals surface area (Å²) in [5.41, 5.74) is 51.5. The Balaban J connectivity index is 0.000000177. The minimum atomic E-state index is -0.489. The quantitative estimate of drug-likeness (QED) is 0.0308. The molecule has 10 aromatic rings. The first-order valence-electron chi connectivity index (χ1n) is 27.1. The number of nitrogen functional groups attached to an aromatic ring is 8. The highest BCUT2D eigenvalue weighted by atomic mass is 16.3. The molecule has 92 heavy (non-hydrogen) atoms. The van der Waals surface area contributed by atoms with Crippen LogP contribution in [0.15, 0.2) is 206 Å². The van der Waals surface area contributed by atoms with E-state index >= 15 is 0 Å². The van der Waals surface area contributed by atoms with Crippen LogP contribution in [0.25, 0.3) is 0 Å². The summed E-state index contributed by atoms with van der Waals surface area (Å²) >= 11 is 0. The molecular weight excluding hydrogens is 1180 g/mol. The highest BCUT2D eigenvalue weighted by Gasteiger charge is 2.18. The number of aromatic hydroxyl groups is 6. The molecule has 0 spiro atoms. The zero-order chi connectivity index (χ0) is 66.8. The number of anilines is 14. The predicted molar refractivity (Wildman–Crippen MR) is 357 cm³/mol. The van der Waals surface area contributed by atoms with Crippen molar-refractivity contribution in [3.8, 4) is 34.5 Å². The number of carbonyl (C=O) groups excluding carboxylic acids is 6. The summed E-state index contributed by atoms with van der Waals surface area (Å²) in [4.78, 5) is 73.0. The zero-order valence-electron chi connectivity index (χ0n) is 48.4. The van der Waals surface area contributed by atoms with E-state index in [1.165, 1.54) is 66.7 Å². The van der Waals surface area contributed by atoms with Crippen molar-refractivity contribution >= 4 is 115 Å². The number of benzene rings is 10. The van der Waals surface area contributed by atoms with Gasteiger partial charge in [0.2, 0.25) is 0 Å². The minimum absolute atomic E-state index is 0.0206. The van der Waals surface area contributed by atoms with Crippen LogP contribution in [-0.2, 0) is 0 Å². The number of carbonyl (C=O) groups is 6. The molecule has 0 unspecified atom stereocenters. The van der Waals surface area contributed by atoms with Crippen LogP contribution in [0.4, 0.5) is 79.6 Å². The lowest BCUT2D eigenvalue weighted by Crippen LogP contribution is -2.14. The Morgan fingerprint density at radius 1 is 0.217 bits per heavy atom. The monoisotopic (exact) mass is 1240 g/mol. The molecule has 0 radical (unpaired) electrons. The van der Waals surface area contributed by atoms with E-state index in [0.717, 1.165) is 12.1 Å². The Morgan fingerprint density at radius 2 is 0.457 bits per heavy atom. The molecule has 0 aromatic heterocycles. The van der Waals surface area contributed by atoms with Crippen molar-refractivity contribution in [2.45, 2.75) is 0 Å². The summed E-state index contributed by atoms with van der Waals surface area (Å²) in [6.07, 6.45) is 0. The molecule has 0 aliphatic heterocycles. The van der Waals surface area contributed by atoms with Gasteiger partial charge >= 0.3 is 0 Å². The Hall–Kier alpha value is -13.8. The van der Waals surface area contributed by atoms with Gasteiger partial charge in [0.15, 0.2) is 0 Å². The smallest absolute Gasteiger partial charge is 0.255 e. The van der Waals surface area contributed by atoms with E-state index in [0.29, 0.717) is 78.9 Å². The number of rotatable bonds is 12. The van der Waals surface area contributed by atoms with Crippen LogP contribution >= 0.6 is 0 Å². The Labute approximate surface area is 524 Å². The highest BCUT2D eigenvalue weighted by Crippen LogP contribution is 2.37. The third-order valence-electron chi connectivity index (χ3n) is 12.8. The Bertz CT molecular complexity index is 4230. The summed E-state index contributed by atoms with van der Waals surface area (Å²) in [6.45, 7) is 0. The van der Waals surface area contributed by atoms with Gasteiger partial charge in [0, 0.05) is 97.1 Å². The molecule has 10 aromatic carbocycles. The van der Waals surface area contributed by atoms with Crippen LogP contribution in [-0.4, -0.2) is 66.1 Å². The molecule has 0 fully saturated rings. The molecule has 0 saturated heterocycles. The molecule has 468 valence electrons. The van der Waals surface area contributed by atoms with Crippen molar-refractivity contribution in [2.24, 2.45) is 0 Å². The lowest BCUT2D eigenvalue weighted by atomic mass is 10.1. The third kappa shape index (κ3) is 18.6. The number of phenolic OH excluding ortho intramolecular Hbond substituents is 6. The van der Waals surface area contributed by atoms with Gasteiger partial charge in [-0.3, -0.25) is 28.8 Å². The number of phenols is 6. The highest BCUT2D eigenvalue weighted by molar-refractivity contribution is 6.10. The maximum atomic E-state index is 12.3. The van der Waals surface area contributed by atoms with Gasteiger partial charge in [0.1, 0.15) is 34.5 Å². The van der Waals surface area contributed by atoms with Crippen molar-refractivity contribution in [1.82, 2.24) is 0 Å². The molecule has 26 nitrogen and oxygen atoms in total. The Morgan fingerprint density at radius 3 is 0.772 bits per heavy atom. The molecule has 10 rings (SSSR count). The largest absolute Gasteiger partial charge is 0.506 e. The first-order valence-corrected chi connectivity index (χ1v) is 27.1. The standard InChI is InChI=1S/C20H18N4O4.C20H18N4O3.C13H13N3O3.C13H13N3O2/c21-13-5-1-11(2-6-13)19(27)23-15-9-16(18(26)10-17(15)25)24-20(28)12-3-7-14(22)8-4-12;21-14-5-1-12(2-6-14)19(26)23-16-9-10-18(25)17(11-16)24-20(27)13-3-7-15(22)8-4-13;14-8-3-1-7(2-4-8)13(19)16-10-6-11(17)9(15)5-12(10)18;14-9-3-1-8(2-4-9)13(18)16-11-7-10(15)5-6-12(11)17/h1-10,25-26H,21-22H2,(H,23,27)(H,24,28);1-11,25H,21-22H2,(H,23,26)(H,24,27);1-6,17-18H,14-15H2,(H,16,19);1-7,17H,14-15H2,(H,16,18). The second kappa shape index (κ2) is 30.0. The number of hydrogen-bond acceptors (Lipinski definition) is 20.